The summed E-state index contributed by atoms with van der Waals surface area (Å²) in [4.78, 5) is 0. The van der Waals surface area contributed by atoms with Gasteiger partial charge in [0.2, 0.25) is 0 Å². The van der Waals surface area contributed by atoms with E-state index < -0.39 is 0 Å². The van der Waals surface area contributed by atoms with E-state index in [0.717, 1.165) is 5.57 Å². The summed E-state index contributed by atoms with van der Waals surface area (Å²) >= 11 is 0. The molecule has 0 aliphatic carbocycles. The SMILES string of the molecule is C=C1C=C(O)OC1. The van der Waals surface area contributed by atoms with Crippen LogP contribution in [0.1, 0.15) is 0 Å². The van der Waals surface area contributed by atoms with Crippen molar-refractivity contribution in [3.63, 3.8) is 0 Å². The second kappa shape index (κ2) is 1.30. The zero-order chi connectivity index (χ0) is 5.28. The summed E-state index contributed by atoms with van der Waals surface area (Å²) in [6.07, 6.45) is 1.50. The van der Waals surface area contributed by atoms with Crippen LogP contribution in [-0.2, 0) is 4.74 Å². The van der Waals surface area contributed by atoms with Gasteiger partial charge in [0.1, 0.15) is 6.61 Å². The highest BCUT2D eigenvalue weighted by molar-refractivity contribution is 5.19. The zero-order valence-corrected chi connectivity index (χ0v) is 3.85. The Morgan fingerprint density at radius 1 is 1.86 bits per heavy atom. The smallest absolute Gasteiger partial charge is 0.277 e. The van der Waals surface area contributed by atoms with E-state index in [9.17, 15) is 0 Å². The Morgan fingerprint density at radius 3 is 2.71 bits per heavy atom. The van der Waals surface area contributed by atoms with Crippen LogP contribution < -0.4 is 0 Å². The molecule has 38 valence electrons. The topological polar surface area (TPSA) is 29.5 Å². The summed E-state index contributed by atoms with van der Waals surface area (Å²) in [6.45, 7) is 3.98. The van der Waals surface area contributed by atoms with E-state index in [1.54, 1.807) is 0 Å². The lowest BCUT2D eigenvalue weighted by Crippen LogP contribution is -1.81. The van der Waals surface area contributed by atoms with Crippen molar-refractivity contribution in [3.8, 4) is 0 Å². The highest BCUT2D eigenvalue weighted by Crippen LogP contribution is 2.08. The standard InChI is InChI=1S/C5H6O2/c1-4-2-5(6)7-3-4/h2,6H,1,3H2. The second-order valence-electron chi connectivity index (χ2n) is 1.43. The maximum Gasteiger partial charge on any atom is 0.277 e. The van der Waals surface area contributed by atoms with Crippen molar-refractivity contribution in [2.45, 2.75) is 0 Å². The van der Waals surface area contributed by atoms with Gasteiger partial charge in [0.05, 0.1) is 0 Å². The summed E-state index contributed by atoms with van der Waals surface area (Å²) in [6, 6.07) is 0. The van der Waals surface area contributed by atoms with Crippen LogP contribution in [0.3, 0.4) is 0 Å². The van der Waals surface area contributed by atoms with E-state index in [2.05, 4.69) is 11.3 Å². The summed E-state index contributed by atoms with van der Waals surface area (Å²) in [7, 11) is 0. The van der Waals surface area contributed by atoms with Crippen molar-refractivity contribution in [2.75, 3.05) is 6.61 Å². The second-order valence-corrected chi connectivity index (χ2v) is 1.43. The van der Waals surface area contributed by atoms with Gasteiger partial charge < -0.3 is 9.84 Å². The molecule has 0 bridgehead atoms. The highest BCUT2D eigenvalue weighted by Gasteiger charge is 2.03. The Hall–Kier alpha value is -0.920. The van der Waals surface area contributed by atoms with Crippen LogP contribution in [0.2, 0.25) is 0 Å². The van der Waals surface area contributed by atoms with Crippen LogP contribution in [0.15, 0.2) is 24.2 Å². The fourth-order valence-corrected chi connectivity index (χ4v) is 0.425. The Balaban J connectivity index is 2.67. The minimum absolute atomic E-state index is 0.0231. The van der Waals surface area contributed by atoms with E-state index in [-0.39, 0.29) is 5.95 Å². The van der Waals surface area contributed by atoms with E-state index in [4.69, 9.17) is 5.11 Å². The molecule has 0 aromatic rings. The molecular weight excluding hydrogens is 92.1 g/mol. The summed E-state index contributed by atoms with van der Waals surface area (Å²) in [5.74, 6) is -0.0231. The van der Waals surface area contributed by atoms with Gasteiger partial charge in [-0.2, -0.15) is 0 Å². The molecule has 1 rings (SSSR count). The third-order valence-corrected chi connectivity index (χ3v) is 0.733. The normalized spacial score (nSPS) is 18.9. The lowest BCUT2D eigenvalue weighted by atomic mass is 10.3. The fourth-order valence-electron chi connectivity index (χ4n) is 0.425. The molecule has 1 N–H and O–H groups in total. The Labute approximate surface area is 41.7 Å². The first-order valence-corrected chi connectivity index (χ1v) is 2.00. The summed E-state index contributed by atoms with van der Waals surface area (Å²) in [5, 5.41) is 8.48. The van der Waals surface area contributed by atoms with Crippen LogP contribution in [0.4, 0.5) is 0 Å². The van der Waals surface area contributed by atoms with Crippen LogP contribution in [0.25, 0.3) is 0 Å². The quantitative estimate of drug-likeness (QED) is 0.489. The Morgan fingerprint density at radius 2 is 2.57 bits per heavy atom. The third-order valence-electron chi connectivity index (χ3n) is 0.733. The molecule has 1 heterocycles. The van der Waals surface area contributed by atoms with Crippen molar-refractivity contribution < 1.29 is 9.84 Å². The fraction of sp³-hybridized carbons (Fsp3) is 0.200. The molecule has 2 nitrogen and oxygen atoms in total. The molecule has 0 radical (unpaired) electrons. The van der Waals surface area contributed by atoms with Crippen molar-refractivity contribution in [3.05, 3.63) is 24.2 Å². The first-order valence-electron chi connectivity index (χ1n) is 2.00. The molecule has 0 atom stereocenters. The van der Waals surface area contributed by atoms with Gasteiger partial charge in [-0.05, 0) is 5.57 Å². The molecule has 0 fully saturated rings. The molecule has 0 spiro atoms. The first-order chi connectivity index (χ1) is 3.29. The molecule has 0 aromatic heterocycles. The molecule has 0 aromatic carbocycles. The van der Waals surface area contributed by atoms with Gasteiger partial charge >= 0.3 is 0 Å². The molecule has 0 saturated heterocycles. The number of hydrogen-bond acceptors (Lipinski definition) is 2. The Kier molecular flexibility index (Phi) is 0.785. The number of rotatable bonds is 0. The monoisotopic (exact) mass is 98.0 g/mol. The molecule has 1 aliphatic heterocycles. The van der Waals surface area contributed by atoms with Gasteiger partial charge in [-0.1, -0.05) is 6.58 Å². The first kappa shape index (κ1) is 4.24. The maximum absolute atomic E-state index is 8.48. The van der Waals surface area contributed by atoms with E-state index in [1.165, 1.54) is 6.08 Å². The number of aliphatic hydroxyl groups is 1. The van der Waals surface area contributed by atoms with Crippen LogP contribution in [0, 0.1) is 0 Å². The van der Waals surface area contributed by atoms with Gasteiger partial charge in [0, 0.05) is 6.08 Å². The van der Waals surface area contributed by atoms with Gasteiger partial charge in [0.25, 0.3) is 5.95 Å². The van der Waals surface area contributed by atoms with Crippen molar-refractivity contribution in [1.82, 2.24) is 0 Å². The minimum atomic E-state index is -0.0231. The zero-order valence-electron chi connectivity index (χ0n) is 3.85. The molecular formula is C5H6O2. The van der Waals surface area contributed by atoms with Crippen LogP contribution >= 0.6 is 0 Å². The van der Waals surface area contributed by atoms with Crippen molar-refractivity contribution in [1.29, 1.82) is 0 Å². The third kappa shape index (κ3) is 0.738. The van der Waals surface area contributed by atoms with Crippen molar-refractivity contribution >= 4 is 0 Å². The van der Waals surface area contributed by atoms with Gasteiger partial charge in [-0.25, -0.2) is 0 Å². The lowest BCUT2D eigenvalue weighted by Gasteiger charge is -1.88. The molecule has 0 saturated carbocycles. The van der Waals surface area contributed by atoms with Gasteiger partial charge in [-0.3, -0.25) is 0 Å². The minimum Gasteiger partial charge on any atom is -0.481 e. The van der Waals surface area contributed by atoms with E-state index in [1.807, 2.05) is 0 Å². The molecule has 2 heteroatoms. The molecule has 7 heavy (non-hydrogen) atoms. The number of hydrogen-bond donors (Lipinski definition) is 1. The predicted molar refractivity (Wildman–Crippen MR) is 25.8 cm³/mol. The maximum atomic E-state index is 8.48. The van der Waals surface area contributed by atoms with Gasteiger partial charge in [-0.15, -0.1) is 0 Å². The highest BCUT2D eigenvalue weighted by atomic mass is 16.6. The Bertz CT molecular complexity index is 124. The summed E-state index contributed by atoms with van der Waals surface area (Å²) < 4.78 is 4.58. The number of ether oxygens (including phenoxy) is 1. The predicted octanol–water partition coefficient (Wildman–Crippen LogP) is 0.972. The van der Waals surface area contributed by atoms with Crippen molar-refractivity contribution in [2.24, 2.45) is 0 Å². The largest absolute Gasteiger partial charge is 0.481 e. The van der Waals surface area contributed by atoms with Crippen LogP contribution in [-0.4, -0.2) is 11.7 Å². The number of aliphatic hydroxyl groups excluding tert-OH is 1. The summed E-state index contributed by atoms with van der Waals surface area (Å²) in [5.41, 5.74) is 0.817. The van der Waals surface area contributed by atoms with Crippen LogP contribution in [0.5, 0.6) is 0 Å². The van der Waals surface area contributed by atoms with E-state index in [0.29, 0.717) is 6.61 Å². The molecule has 0 amide bonds. The average molecular weight is 98.1 g/mol. The molecule has 1 aliphatic rings. The average Bonchev–Trinajstić information content (AvgIpc) is 1.87. The molecule has 0 unspecified atom stereocenters. The van der Waals surface area contributed by atoms with E-state index >= 15 is 0 Å². The lowest BCUT2D eigenvalue weighted by molar-refractivity contribution is 0.125. The van der Waals surface area contributed by atoms with Gasteiger partial charge in [0.15, 0.2) is 0 Å².